The number of aromatic nitrogens is 1. The standard InChI is InChI=1S/C14H9NO2S/c16-13(9-4-2-1-3-5-9)10-6-7-12-11(8-10)15-14(17)18-12/h1-8H,(H,15,17). The van der Waals surface area contributed by atoms with Crippen molar-refractivity contribution < 1.29 is 4.79 Å². The fourth-order valence-corrected chi connectivity index (χ4v) is 2.57. The van der Waals surface area contributed by atoms with Crippen LogP contribution in [0.5, 0.6) is 0 Å². The quantitative estimate of drug-likeness (QED) is 0.716. The van der Waals surface area contributed by atoms with Gasteiger partial charge in [0.15, 0.2) is 5.78 Å². The first-order valence-corrected chi connectivity index (χ1v) is 6.28. The fourth-order valence-electron chi connectivity index (χ4n) is 1.85. The zero-order chi connectivity index (χ0) is 12.5. The molecule has 1 N–H and O–H groups in total. The molecule has 1 heterocycles. The van der Waals surface area contributed by atoms with E-state index in [1.54, 1.807) is 30.3 Å². The van der Waals surface area contributed by atoms with E-state index in [1.165, 1.54) is 0 Å². The van der Waals surface area contributed by atoms with Gasteiger partial charge in [-0.05, 0) is 18.2 Å². The van der Waals surface area contributed by atoms with E-state index in [2.05, 4.69) is 4.98 Å². The Morgan fingerprint density at radius 2 is 1.78 bits per heavy atom. The Morgan fingerprint density at radius 3 is 2.56 bits per heavy atom. The molecule has 0 spiro atoms. The molecule has 0 aliphatic rings. The molecule has 88 valence electrons. The summed E-state index contributed by atoms with van der Waals surface area (Å²) in [5.74, 6) is -0.0375. The zero-order valence-electron chi connectivity index (χ0n) is 9.34. The molecule has 0 saturated heterocycles. The van der Waals surface area contributed by atoms with E-state index >= 15 is 0 Å². The van der Waals surface area contributed by atoms with E-state index in [4.69, 9.17) is 0 Å². The van der Waals surface area contributed by atoms with Crippen LogP contribution in [-0.2, 0) is 0 Å². The largest absolute Gasteiger partial charge is 0.312 e. The van der Waals surface area contributed by atoms with Gasteiger partial charge in [-0.3, -0.25) is 9.59 Å². The topological polar surface area (TPSA) is 49.9 Å². The zero-order valence-corrected chi connectivity index (χ0v) is 10.2. The third kappa shape index (κ3) is 1.87. The van der Waals surface area contributed by atoms with Gasteiger partial charge in [0.05, 0.1) is 10.2 Å². The molecule has 0 saturated carbocycles. The average Bonchev–Trinajstić information content (AvgIpc) is 2.78. The highest BCUT2D eigenvalue weighted by Gasteiger charge is 2.09. The smallest absolute Gasteiger partial charge is 0.305 e. The molecule has 0 aliphatic heterocycles. The van der Waals surface area contributed by atoms with Crippen LogP contribution in [-0.4, -0.2) is 10.8 Å². The van der Waals surface area contributed by atoms with Gasteiger partial charge in [-0.1, -0.05) is 41.7 Å². The highest BCUT2D eigenvalue weighted by atomic mass is 32.1. The molecular formula is C14H9NO2S. The lowest BCUT2D eigenvalue weighted by Crippen LogP contribution is -2.00. The number of rotatable bonds is 2. The van der Waals surface area contributed by atoms with E-state index < -0.39 is 0 Å². The monoisotopic (exact) mass is 255 g/mol. The van der Waals surface area contributed by atoms with Gasteiger partial charge in [-0.25, -0.2) is 0 Å². The summed E-state index contributed by atoms with van der Waals surface area (Å²) < 4.78 is 0.865. The summed E-state index contributed by atoms with van der Waals surface area (Å²) in [7, 11) is 0. The maximum absolute atomic E-state index is 12.2. The van der Waals surface area contributed by atoms with Gasteiger partial charge in [-0.2, -0.15) is 0 Å². The Balaban J connectivity index is 2.09. The second-order valence-electron chi connectivity index (χ2n) is 3.92. The normalized spacial score (nSPS) is 10.7. The van der Waals surface area contributed by atoms with Crippen LogP contribution in [0.3, 0.4) is 0 Å². The van der Waals surface area contributed by atoms with Crippen LogP contribution < -0.4 is 4.87 Å². The van der Waals surface area contributed by atoms with Gasteiger partial charge in [0.25, 0.3) is 0 Å². The van der Waals surface area contributed by atoms with E-state index in [1.807, 2.05) is 18.2 Å². The first kappa shape index (κ1) is 10.9. The Morgan fingerprint density at radius 1 is 1.00 bits per heavy atom. The molecular weight excluding hydrogens is 246 g/mol. The first-order valence-electron chi connectivity index (χ1n) is 5.47. The van der Waals surface area contributed by atoms with Crippen LogP contribution in [0.2, 0.25) is 0 Å². The molecule has 3 aromatic rings. The number of nitrogens with one attached hydrogen (secondary N) is 1. The SMILES string of the molecule is O=C(c1ccccc1)c1ccc2sc(=O)[nH]c2c1. The first-order chi connectivity index (χ1) is 8.74. The highest BCUT2D eigenvalue weighted by molar-refractivity contribution is 7.16. The molecule has 0 atom stereocenters. The molecule has 0 fully saturated rings. The van der Waals surface area contributed by atoms with Crippen molar-refractivity contribution in [2.45, 2.75) is 0 Å². The van der Waals surface area contributed by atoms with Crippen molar-refractivity contribution in [1.82, 2.24) is 4.98 Å². The van der Waals surface area contributed by atoms with Crippen LogP contribution in [0.15, 0.2) is 53.3 Å². The fraction of sp³-hybridized carbons (Fsp3) is 0. The number of fused-ring (bicyclic) bond motifs is 1. The van der Waals surface area contributed by atoms with Gasteiger partial charge in [0.1, 0.15) is 0 Å². The van der Waals surface area contributed by atoms with E-state index in [9.17, 15) is 9.59 Å². The van der Waals surface area contributed by atoms with Crippen molar-refractivity contribution in [2.24, 2.45) is 0 Å². The van der Waals surface area contributed by atoms with Crippen LogP contribution in [0.4, 0.5) is 0 Å². The van der Waals surface area contributed by atoms with Crippen molar-refractivity contribution in [3.05, 3.63) is 69.3 Å². The molecule has 0 radical (unpaired) electrons. The molecule has 0 amide bonds. The molecule has 3 nitrogen and oxygen atoms in total. The minimum atomic E-state index is -0.102. The van der Waals surface area contributed by atoms with Crippen molar-refractivity contribution in [3.63, 3.8) is 0 Å². The summed E-state index contributed by atoms with van der Waals surface area (Å²) >= 11 is 1.15. The summed E-state index contributed by atoms with van der Waals surface area (Å²) in [5, 5.41) is 0. The number of hydrogen-bond donors (Lipinski definition) is 1. The lowest BCUT2D eigenvalue weighted by Gasteiger charge is -2.00. The summed E-state index contributed by atoms with van der Waals surface area (Å²) in [6.07, 6.45) is 0. The average molecular weight is 255 g/mol. The molecule has 18 heavy (non-hydrogen) atoms. The van der Waals surface area contributed by atoms with Gasteiger partial charge < -0.3 is 4.98 Å². The molecule has 0 aliphatic carbocycles. The van der Waals surface area contributed by atoms with Gasteiger partial charge in [0, 0.05) is 11.1 Å². The number of carbonyl (C=O) groups is 1. The van der Waals surface area contributed by atoms with Crippen molar-refractivity contribution in [2.75, 3.05) is 0 Å². The Labute approximate surface area is 107 Å². The number of aromatic amines is 1. The summed E-state index contributed by atoms with van der Waals surface area (Å²) in [4.78, 5) is 26.0. The lowest BCUT2D eigenvalue weighted by atomic mass is 10.0. The predicted octanol–water partition coefficient (Wildman–Crippen LogP) is 2.82. The number of hydrogen-bond acceptors (Lipinski definition) is 3. The van der Waals surface area contributed by atoms with Crippen LogP contribution in [0.25, 0.3) is 10.2 Å². The second-order valence-corrected chi connectivity index (χ2v) is 4.94. The van der Waals surface area contributed by atoms with Crippen LogP contribution in [0.1, 0.15) is 15.9 Å². The molecule has 0 bridgehead atoms. The summed E-state index contributed by atoms with van der Waals surface area (Å²) in [6.45, 7) is 0. The molecule has 4 heteroatoms. The van der Waals surface area contributed by atoms with Crippen molar-refractivity contribution in [3.8, 4) is 0 Å². The summed E-state index contributed by atoms with van der Waals surface area (Å²) in [6, 6.07) is 14.4. The highest BCUT2D eigenvalue weighted by Crippen LogP contribution is 2.18. The Hall–Kier alpha value is -2.20. The lowest BCUT2D eigenvalue weighted by molar-refractivity contribution is 0.103. The third-order valence-electron chi connectivity index (χ3n) is 2.72. The van der Waals surface area contributed by atoms with E-state index in [0.717, 1.165) is 16.0 Å². The van der Waals surface area contributed by atoms with E-state index in [-0.39, 0.29) is 10.7 Å². The van der Waals surface area contributed by atoms with Crippen LogP contribution >= 0.6 is 11.3 Å². The van der Waals surface area contributed by atoms with Gasteiger partial charge >= 0.3 is 4.87 Å². The van der Waals surface area contributed by atoms with Crippen molar-refractivity contribution in [1.29, 1.82) is 0 Å². The molecule has 0 unspecified atom stereocenters. The maximum Gasteiger partial charge on any atom is 0.305 e. The van der Waals surface area contributed by atoms with Crippen LogP contribution in [0, 0.1) is 0 Å². The second kappa shape index (κ2) is 4.23. The number of H-pyrrole nitrogens is 1. The minimum absolute atomic E-state index is 0.0375. The van der Waals surface area contributed by atoms with Crippen molar-refractivity contribution >= 4 is 27.3 Å². The third-order valence-corrected chi connectivity index (χ3v) is 3.58. The van der Waals surface area contributed by atoms with Gasteiger partial charge in [-0.15, -0.1) is 0 Å². The molecule has 1 aromatic heterocycles. The number of carbonyl (C=O) groups excluding carboxylic acids is 1. The Bertz CT molecular complexity index is 771. The summed E-state index contributed by atoms with van der Waals surface area (Å²) in [5.41, 5.74) is 1.95. The van der Waals surface area contributed by atoms with Gasteiger partial charge in [0.2, 0.25) is 0 Å². The maximum atomic E-state index is 12.2. The minimum Gasteiger partial charge on any atom is -0.312 e. The van der Waals surface area contributed by atoms with E-state index in [0.29, 0.717) is 16.6 Å². The Kier molecular flexibility index (Phi) is 2.57. The number of thiazole rings is 1. The predicted molar refractivity (Wildman–Crippen MR) is 72.3 cm³/mol. The number of ketones is 1. The molecule has 3 rings (SSSR count). The number of benzene rings is 2. The molecule has 2 aromatic carbocycles.